The van der Waals surface area contributed by atoms with Gasteiger partial charge in [-0.05, 0) is 38.5 Å². The summed E-state index contributed by atoms with van der Waals surface area (Å²) in [5.74, 6) is 0. The maximum absolute atomic E-state index is 5.18. The fourth-order valence-electron chi connectivity index (χ4n) is 2.36. The van der Waals surface area contributed by atoms with E-state index < -0.39 is 0 Å². The van der Waals surface area contributed by atoms with E-state index in [0.29, 0.717) is 0 Å². The average Bonchev–Trinajstić information content (AvgIpc) is 2.48. The number of unbranched alkanes of at least 4 members (excludes halogenated alkanes) is 9. The molecular formula is C18H36O2. The van der Waals surface area contributed by atoms with Gasteiger partial charge in [0, 0.05) is 14.2 Å². The monoisotopic (exact) mass is 284 g/mol. The molecule has 0 aliphatic heterocycles. The first-order chi connectivity index (χ1) is 9.85. The molecule has 0 saturated heterocycles. The minimum atomic E-state index is -0.00867. The van der Waals surface area contributed by atoms with E-state index in [2.05, 4.69) is 19.1 Å². The normalized spacial score (nSPS) is 11.8. The van der Waals surface area contributed by atoms with Gasteiger partial charge >= 0.3 is 0 Å². The van der Waals surface area contributed by atoms with Gasteiger partial charge in [0.1, 0.15) is 0 Å². The molecule has 2 heteroatoms. The number of allylic oxidation sites excluding steroid dienone is 2. The van der Waals surface area contributed by atoms with Crippen molar-refractivity contribution in [1.29, 1.82) is 0 Å². The summed E-state index contributed by atoms with van der Waals surface area (Å²) in [5, 5.41) is 0. The Morgan fingerprint density at radius 2 is 1.20 bits per heavy atom. The second-order valence-electron chi connectivity index (χ2n) is 5.57. The molecule has 120 valence electrons. The molecular weight excluding hydrogens is 248 g/mol. The topological polar surface area (TPSA) is 18.5 Å². The van der Waals surface area contributed by atoms with Gasteiger partial charge in [-0.25, -0.2) is 0 Å². The smallest absolute Gasteiger partial charge is 0.156 e. The molecule has 0 fully saturated rings. The van der Waals surface area contributed by atoms with Crippen molar-refractivity contribution in [2.75, 3.05) is 14.2 Å². The van der Waals surface area contributed by atoms with Crippen molar-refractivity contribution in [1.82, 2.24) is 0 Å². The second kappa shape index (κ2) is 16.7. The van der Waals surface area contributed by atoms with Crippen molar-refractivity contribution >= 4 is 0 Å². The van der Waals surface area contributed by atoms with Gasteiger partial charge in [-0.3, -0.25) is 0 Å². The summed E-state index contributed by atoms with van der Waals surface area (Å²) < 4.78 is 10.4. The van der Waals surface area contributed by atoms with Crippen LogP contribution in [-0.2, 0) is 9.47 Å². The fraction of sp³-hybridized carbons (Fsp3) is 0.889. The molecule has 0 unspecified atom stereocenters. The van der Waals surface area contributed by atoms with Gasteiger partial charge in [0.05, 0.1) is 0 Å². The summed E-state index contributed by atoms with van der Waals surface area (Å²) >= 11 is 0. The summed E-state index contributed by atoms with van der Waals surface area (Å²) in [5.41, 5.74) is 0. The van der Waals surface area contributed by atoms with Gasteiger partial charge in [0.25, 0.3) is 0 Å². The highest BCUT2D eigenvalue weighted by molar-refractivity contribution is 4.81. The van der Waals surface area contributed by atoms with E-state index in [4.69, 9.17) is 9.47 Å². The van der Waals surface area contributed by atoms with Crippen LogP contribution in [0.3, 0.4) is 0 Å². The molecule has 0 aromatic heterocycles. The maximum atomic E-state index is 5.18. The van der Waals surface area contributed by atoms with Crippen LogP contribution in [0.15, 0.2) is 12.2 Å². The van der Waals surface area contributed by atoms with Crippen molar-refractivity contribution in [2.45, 2.75) is 90.3 Å². The van der Waals surface area contributed by atoms with Crippen molar-refractivity contribution in [2.24, 2.45) is 0 Å². The molecule has 0 aliphatic carbocycles. The van der Waals surface area contributed by atoms with Gasteiger partial charge in [-0.15, -0.1) is 0 Å². The Labute approximate surface area is 126 Å². The van der Waals surface area contributed by atoms with Crippen molar-refractivity contribution in [3.05, 3.63) is 12.2 Å². The standard InChI is InChI=1S/C18H36O2/c1-4-5-6-7-8-9-10-11-12-13-14-15-16-17-18(19-2)20-3/h9-10,18H,4-8,11-17H2,1-3H3/b10-9-. The Morgan fingerprint density at radius 3 is 1.75 bits per heavy atom. The van der Waals surface area contributed by atoms with Crippen LogP contribution in [0.5, 0.6) is 0 Å². The molecule has 0 bridgehead atoms. The summed E-state index contributed by atoms with van der Waals surface area (Å²) in [7, 11) is 3.42. The van der Waals surface area contributed by atoms with Gasteiger partial charge in [-0.1, -0.05) is 57.6 Å². The minimum Gasteiger partial charge on any atom is -0.356 e. The Kier molecular flexibility index (Phi) is 16.4. The summed E-state index contributed by atoms with van der Waals surface area (Å²) in [6, 6.07) is 0. The lowest BCUT2D eigenvalue weighted by molar-refractivity contribution is -0.107. The number of methoxy groups -OCH3 is 2. The molecule has 0 aliphatic rings. The second-order valence-corrected chi connectivity index (χ2v) is 5.57. The average molecular weight is 284 g/mol. The molecule has 0 aromatic carbocycles. The van der Waals surface area contributed by atoms with Crippen LogP contribution < -0.4 is 0 Å². The van der Waals surface area contributed by atoms with Crippen LogP contribution in [0, 0.1) is 0 Å². The molecule has 0 rings (SSSR count). The fourth-order valence-corrected chi connectivity index (χ4v) is 2.36. The Balaban J connectivity index is 3.14. The van der Waals surface area contributed by atoms with Crippen molar-refractivity contribution in [3.63, 3.8) is 0 Å². The molecule has 0 spiro atoms. The SMILES string of the molecule is CCCCCC/C=C\CCCCCCCC(OC)OC. The molecule has 0 amide bonds. The lowest BCUT2D eigenvalue weighted by Crippen LogP contribution is -2.12. The first kappa shape index (κ1) is 19.7. The third-order valence-corrected chi connectivity index (χ3v) is 3.73. The number of rotatable bonds is 15. The molecule has 0 saturated carbocycles. The predicted molar refractivity (Wildman–Crippen MR) is 88.0 cm³/mol. The Bertz CT molecular complexity index is 198. The minimum absolute atomic E-state index is 0.00867. The highest BCUT2D eigenvalue weighted by atomic mass is 16.7. The number of ether oxygens (including phenoxy) is 2. The highest BCUT2D eigenvalue weighted by Gasteiger charge is 2.03. The molecule has 0 aromatic rings. The predicted octanol–water partition coefficient (Wildman–Crippen LogP) is 5.86. The third kappa shape index (κ3) is 14.1. The van der Waals surface area contributed by atoms with E-state index in [1.54, 1.807) is 14.2 Å². The Hall–Kier alpha value is -0.340. The van der Waals surface area contributed by atoms with Crippen LogP contribution in [0.25, 0.3) is 0 Å². The molecule has 2 nitrogen and oxygen atoms in total. The number of hydrogen-bond donors (Lipinski definition) is 0. The van der Waals surface area contributed by atoms with E-state index in [-0.39, 0.29) is 6.29 Å². The highest BCUT2D eigenvalue weighted by Crippen LogP contribution is 2.11. The van der Waals surface area contributed by atoms with Crippen LogP contribution in [0.2, 0.25) is 0 Å². The van der Waals surface area contributed by atoms with E-state index in [0.717, 1.165) is 6.42 Å². The first-order valence-electron chi connectivity index (χ1n) is 8.55. The molecule has 20 heavy (non-hydrogen) atoms. The van der Waals surface area contributed by atoms with Gasteiger partial charge in [0.2, 0.25) is 0 Å². The lowest BCUT2D eigenvalue weighted by Gasteiger charge is -2.12. The van der Waals surface area contributed by atoms with E-state index in [1.807, 2.05) is 0 Å². The van der Waals surface area contributed by atoms with Crippen LogP contribution in [0.1, 0.15) is 84.0 Å². The van der Waals surface area contributed by atoms with Crippen molar-refractivity contribution < 1.29 is 9.47 Å². The molecule has 0 heterocycles. The van der Waals surface area contributed by atoms with E-state index in [9.17, 15) is 0 Å². The number of hydrogen-bond acceptors (Lipinski definition) is 2. The van der Waals surface area contributed by atoms with E-state index in [1.165, 1.54) is 70.6 Å². The zero-order chi connectivity index (χ0) is 14.9. The zero-order valence-corrected chi connectivity index (χ0v) is 14.0. The van der Waals surface area contributed by atoms with Crippen molar-refractivity contribution in [3.8, 4) is 0 Å². The first-order valence-corrected chi connectivity index (χ1v) is 8.55. The Morgan fingerprint density at radius 1 is 0.700 bits per heavy atom. The maximum Gasteiger partial charge on any atom is 0.156 e. The summed E-state index contributed by atoms with van der Waals surface area (Å²) in [6.07, 6.45) is 20.3. The lowest BCUT2D eigenvalue weighted by atomic mass is 10.1. The molecule has 0 N–H and O–H groups in total. The largest absolute Gasteiger partial charge is 0.356 e. The third-order valence-electron chi connectivity index (χ3n) is 3.73. The van der Waals surface area contributed by atoms with Crippen LogP contribution >= 0.6 is 0 Å². The summed E-state index contributed by atoms with van der Waals surface area (Å²) in [6.45, 7) is 2.26. The van der Waals surface area contributed by atoms with Crippen LogP contribution in [-0.4, -0.2) is 20.5 Å². The quantitative estimate of drug-likeness (QED) is 0.213. The molecule has 0 radical (unpaired) electrons. The molecule has 0 atom stereocenters. The summed E-state index contributed by atoms with van der Waals surface area (Å²) in [4.78, 5) is 0. The van der Waals surface area contributed by atoms with E-state index >= 15 is 0 Å². The van der Waals surface area contributed by atoms with Gasteiger partial charge in [-0.2, -0.15) is 0 Å². The van der Waals surface area contributed by atoms with Gasteiger partial charge < -0.3 is 9.47 Å². The zero-order valence-electron chi connectivity index (χ0n) is 14.0. The van der Waals surface area contributed by atoms with Crippen LogP contribution in [0.4, 0.5) is 0 Å². The van der Waals surface area contributed by atoms with Gasteiger partial charge in [0.15, 0.2) is 6.29 Å².